The fraction of sp³-hybridized carbons (Fsp3) is 0.333. The standard InChI is InChI=1S/C12H15N3OS/c1-9(16)7-8-11-13-14-12(17)15(11)10-5-3-2-4-6-10/h2-6,9,16H,7-8H2,1H3,(H,14,17). The number of benzene rings is 1. The third-order valence-corrected chi connectivity index (χ3v) is 2.82. The van der Waals surface area contributed by atoms with Crippen LogP contribution in [0.25, 0.3) is 5.69 Å². The molecular weight excluding hydrogens is 234 g/mol. The topological polar surface area (TPSA) is 53.8 Å². The third kappa shape index (κ3) is 2.81. The Bertz CT molecular complexity index is 530. The smallest absolute Gasteiger partial charge is 0.199 e. The molecule has 1 aromatic heterocycles. The lowest BCUT2D eigenvalue weighted by molar-refractivity contribution is 0.184. The van der Waals surface area contributed by atoms with Gasteiger partial charge in [0.2, 0.25) is 0 Å². The molecule has 1 heterocycles. The number of hydrogen-bond donors (Lipinski definition) is 2. The van der Waals surface area contributed by atoms with Gasteiger partial charge in [0.15, 0.2) is 4.77 Å². The molecule has 1 unspecified atom stereocenters. The van der Waals surface area contributed by atoms with Crippen molar-refractivity contribution in [2.45, 2.75) is 25.9 Å². The van der Waals surface area contributed by atoms with E-state index in [9.17, 15) is 5.11 Å². The zero-order chi connectivity index (χ0) is 12.3. The van der Waals surface area contributed by atoms with E-state index in [-0.39, 0.29) is 6.10 Å². The van der Waals surface area contributed by atoms with Crippen molar-refractivity contribution in [1.29, 1.82) is 0 Å². The first-order valence-electron chi connectivity index (χ1n) is 5.58. The molecule has 0 aliphatic heterocycles. The summed E-state index contributed by atoms with van der Waals surface area (Å²) in [5, 5.41) is 16.3. The first-order valence-corrected chi connectivity index (χ1v) is 5.99. The van der Waals surface area contributed by atoms with E-state index >= 15 is 0 Å². The van der Waals surface area contributed by atoms with Gasteiger partial charge >= 0.3 is 0 Å². The van der Waals surface area contributed by atoms with Crippen LogP contribution >= 0.6 is 12.2 Å². The second-order valence-electron chi connectivity index (χ2n) is 4.00. The first kappa shape index (κ1) is 12.0. The Hall–Kier alpha value is -1.46. The minimum atomic E-state index is -0.329. The Kier molecular flexibility index (Phi) is 3.71. The molecule has 1 atom stereocenters. The molecule has 2 aromatic rings. The highest BCUT2D eigenvalue weighted by molar-refractivity contribution is 7.71. The van der Waals surface area contributed by atoms with Crippen LogP contribution in [0.15, 0.2) is 30.3 Å². The fourth-order valence-corrected chi connectivity index (χ4v) is 1.94. The van der Waals surface area contributed by atoms with Gasteiger partial charge in [0.25, 0.3) is 0 Å². The monoisotopic (exact) mass is 249 g/mol. The summed E-state index contributed by atoms with van der Waals surface area (Å²) >= 11 is 5.22. The van der Waals surface area contributed by atoms with Gasteiger partial charge in [-0.05, 0) is 37.7 Å². The Labute approximate surface area is 105 Å². The number of nitrogens with zero attached hydrogens (tertiary/aromatic N) is 2. The molecule has 0 aliphatic carbocycles. The van der Waals surface area contributed by atoms with Crippen molar-refractivity contribution in [3.8, 4) is 5.69 Å². The zero-order valence-corrected chi connectivity index (χ0v) is 10.4. The number of H-pyrrole nitrogens is 1. The highest BCUT2D eigenvalue weighted by Crippen LogP contribution is 2.12. The van der Waals surface area contributed by atoms with Crippen molar-refractivity contribution in [3.05, 3.63) is 40.9 Å². The summed E-state index contributed by atoms with van der Waals surface area (Å²) < 4.78 is 2.48. The van der Waals surface area contributed by atoms with Gasteiger partial charge in [-0.15, -0.1) is 0 Å². The molecular formula is C12H15N3OS. The van der Waals surface area contributed by atoms with Gasteiger partial charge in [-0.3, -0.25) is 9.67 Å². The number of aliphatic hydroxyl groups is 1. The van der Waals surface area contributed by atoms with Crippen LogP contribution < -0.4 is 0 Å². The molecule has 4 nitrogen and oxygen atoms in total. The number of aliphatic hydroxyl groups excluding tert-OH is 1. The Morgan fingerprint density at radius 3 is 2.76 bits per heavy atom. The van der Waals surface area contributed by atoms with Crippen LogP contribution in [0.5, 0.6) is 0 Å². The summed E-state index contributed by atoms with van der Waals surface area (Å²) in [6.45, 7) is 1.77. The van der Waals surface area contributed by atoms with Gasteiger partial charge in [-0.2, -0.15) is 5.10 Å². The number of hydrogen-bond acceptors (Lipinski definition) is 3. The molecule has 0 aliphatic rings. The van der Waals surface area contributed by atoms with Gasteiger partial charge in [-0.25, -0.2) is 0 Å². The van der Waals surface area contributed by atoms with Crippen molar-refractivity contribution in [3.63, 3.8) is 0 Å². The first-order chi connectivity index (χ1) is 8.18. The van der Waals surface area contributed by atoms with Crippen molar-refractivity contribution >= 4 is 12.2 Å². The van der Waals surface area contributed by atoms with E-state index in [4.69, 9.17) is 12.2 Å². The van der Waals surface area contributed by atoms with E-state index in [0.29, 0.717) is 17.6 Å². The van der Waals surface area contributed by atoms with E-state index < -0.39 is 0 Å². The van der Waals surface area contributed by atoms with E-state index in [1.807, 2.05) is 34.9 Å². The molecule has 0 bridgehead atoms. The molecule has 90 valence electrons. The van der Waals surface area contributed by atoms with Gasteiger partial charge in [0.1, 0.15) is 5.82 Å². The lowest BCUT2D eigenvalue weighted by Crippen LogP contribution is -2.06. The van der Waals surface area contributed by atoms with Crippen LogP contribution in [0, 0.1) is 4.77 Å². The van der Waals surface area contributed by atoms with Crippen LogP contribution in [0.2, 0.25) is 0 Å². The van der Waals surface area contributed by atoms with Crippen LogP contribution in [0.1, 0.15) is 19.2 Å². The van der Waals surface area contributed by atoms with Crippen molar-refractivity contribution in [1.82, 2.24) is 14.8 Å². The number of rotatable bonds is 4. The van der Waals surface area contributed by atoms with Crippen LogP contribution in [0.4, 0.5) is 0 Å². The molecule has 0 radical (unpaired) electrons. The minimum absolute atomic E-state index is 0.329. The van der Waals surface area contributed by atoms with E-state index in [2.05, 4.69) is 10.2 Å². The van der Waals surface area contributed by atoms with Gasteiger partial charge in [-0.1, -0.05) is 18.2 Å². The van der Waals surface area contributed by atoms with Crippen molar-refractivity contribution in [2.75, 3.05) is 0 Å². The average Bonchev–Trinajstić information content (AvgIpc) is 2.69. The predicted octanol–water partition coefficient (Wildman–Crippen LogP) is 2.24. The Balaban J connectivity index is 2.33. The number of para-hydroxylation sites is 1. The molecule has 17 heavy (non-hydrogen) atoms. The average molecular weight is 249 g/mol. The van der Waals surface area contributed by atoms with E-state index in [1.165, 1.54) is 0 Å². The second-order valence-corrected chi connectivity index (χ2v) is 4.39. The number of aryl methyl sites for hydroxylation is 1. The zero-order valence-electron chi connectivity index (χ0n) is 9.63. The molecule has 0 amide bonds. The molecule has 1 aromatic carbocycles. The third-order valence-electron chi connectivity index (χ3n) is 2.54. The number of aromatic amines is 1. The molecule has 0 spiro atoms. The Morgan fingerprint density at radius 2 is 2.12 bits per heavy atom. The van der Waals surface area contributed by atoms with Gasteiger partial charge in [0, 0.05) is 12.1 Å². The van der Waals surface area contributed by atoms with E-state index in [1.54, 1.807) is 6.92 Å². The number of aromatic nitrogens is 3. The highest BCUT2D eigenvalue weighted by atomic mass is 32.1. The summed E-state index contributed by atoms with van der Waals surface area (Å²) in [6, 6.07) is 9.85. The maximum Gasteiger partial charge on any atom is 0.199 e. The van der Waals surface area contributed by atoms with E-state index in [0.717, 1.165) is 11.5 Å². The largest absolute Gasteiger partial charge is 0.393 e. The van der Waals surface area contributed by atoms with Crippen molar-refractivity contribution < 1.29 is 5.11 Å². The van der Waals surface area contributed by atoms with Crippen LogP contribution in [-0.4, -0.2) is 26.0 Å². The maximum absolute atomic E-state index is 9.31. The lowest BCUT2D eigenvalue weighted by Gasteiger charge is -2.07. The molecule has 2 N–H and O–H groups in total. The molecule has 0 saturated carbocycles. The highest BCUT2D eigenvalue weighted by Gasteiger charge is 2.08. The summed E-state index contributed by atoms with van der Waals surface area (Å²) in [5.41, 5.74) is 0.992. The Morgan fingerprint density at radius 1 is 1.41 bits per heavy atom. The summed E-state index contributed by atoms with van der Waals surface area (Å²) in [6.07, 6.45) is 1.04. The molecule has 2 rings (SSSR count). The predicted molar refractivity (Wildman–Crippen MR) is 68.8 cm³/mol. The van der Waals surface area contributed by atoms with Gasteiger partial charge < -0.3 is 5.11 Å². The van der Waals surface area contributed by atoms with Crippen molar-refractivity contribution in [2.24, 2.45) is 0 Å². The second kappa shape index (κ2) is 5.25. The number of nitrogens with one attached hydrogen (secondary N) is 1. The molecule has 5 heteroatoms. The van der Waals surface area contributed by atoms with Crippen LogP contribution in [0.3, 0.4) is 0 Å². The molecule has 0 fully saturated rings. The quantitative estimate of drug-likeness (QED) is 0.817. The molecule has 0 saturated heterocycles. The maximum atomic E-state index is 9.31. The normalized spacial score (nSPS) is 12.6. The summed E-state index contributed by atoms with van der Waals surface area (Å²) in [4.78, 5) is 0. The van der Waals surface area contributed by atoms with Crippen LogP contribution in [-0.2, 0) is 6.42 Å². The SMILES string of the molecule is CC(O)CCc1n[nH]c(=S)n1-c1ccccc1. The fourth-order valence-electron chi connectivity index (χ4n) is 1.68. The summed E-state index contributed by atoms with van der Waals surface area (Å²) in [5.74, 6) is 0.849. The lowest BCUT2D eigenvalue weighted by atomic mass is 10.2. The summed E-state index contributed by atoms with van der Waals surface area (Å²) in [7, 11) is 0. The minimum Gasteiger partial charge on any atom is -0.393 e. The van der Waals surface area contributed by atoms with Gasteiger partial charge in [0.05, 0.1) is 6.10 Å².